The lowest BCUT2D eigenvalue weighted by atomic mass is 10.1. The predicted molar refractivity (Wildman–Crippen MR) is 72.5 cm³/mol. The third kappa shape index (κ3) is 1.99. The van der Waals surface area contributed by atoms with Gasteiger partial charge in [0.1, 0.15) is 5.75 Å². The van der Waals surface area contributed by atoms with Gasteiger partial charge in [0, 0.05) is 24.2 Å². The fourth-order valence-corrected chi connectivity index (χ4v) is 2.34. The van der Waals surface area contributed by atoms with E-state index in [1.807, 2.05) is 36.9 Å². The largest absolute Gasteiger partial charge is 0.497 e. The molecule has 0 fully saturated rings. The Morgan fingerprint density at radius 3 is 2.78 bits per heavy atom. The number of fused-ring (bicyclic) bond motifs is 1. The summed E-state index contributed by atoms with van der Waals surface area (Å²) in [5.74, 6) is 0.875. The number of Topliss-reactive ketones (excluding diaryl/α,β-unsaturated/α-hetero) is 1. The molecule has 0 aliphatic heterocycles. The van der Waals surface area contributed by atoms with Crippen LogP contribution in [0.15, 0.2) is 18.3 Å². The first kappa shape index (κ1) is 12.6. The minimum absolute atomic E-state index is 0.0933. The zero-order chi connectivity index (χ0) is 13.3. The highest BCUT2D eigenvalue weighted by Crippen LogP contribution is 2.29. The average molecular weight is 246 g/mol. The Bertz CT molecular complexity index is 599. The van der Waals surface area contributed by atoms with Gasteiger partial charge in [-0.05, 0) is 31.7 Å². The van der Waals surface area contributed by atoms with E-state index in [1.165, 1.54) is 0 Å². The average Bonchev–Trinajstić information content (AvgIpc) is 2.67. The summed E-state index contributed by atoms with van der Waals surface area (Å²) in [5.41, 5.74) is 2.93. The SMILES string of the molecule is CNCC(=O)c1cn(C)c2c(C)cc(OC)cc12. The van der Waals surface area contributed by atoms with Gasteiger partial charge >= 0.3 is 0 Å². The maximum absolute atomic E-state index is 12.1. The number of hydrogen-bond donors (Lipinski definition) is 1. The maximum atomic E-state index is 12.1. The molecule has 0 unspecified atom stereocenters. The Balaban J connectivity index is 2.68. The molecule has 4 heteroatoms. The molecule has 1 aromatic heterocycles. The second kappa shape index (κ2) is 4.82. The number of aromatic nitrogens is 1. The van der Waals surface area contributed by atoms with Crippen LogP contribution in [0.1, 0.15) is 15.9 Å². The molecule has 1 heterocycles. The molecule has 0 atom stereocenters. The summed E-state index contributed by atoms with van der Waals surface area (Å²) in [6, 6.07) is 3.90. The fourth-order valence-electron chi connectivity index (χ4n) is 2.34. The van der Waals surface area contributed by atoms with E-state index >= 15 is 0 Å². The molecular formula is C14H18N2O2. The lowest BCUT2D eigenvalue weighted by Gasteiger charge is -2.05. The summed E-state index contributed by atoms with van der Waals surface area (Å²) in [6.07, 6.45) is 1.89. The highest BCUT2D eigenvalue weighted by Gasteiger charge is 2.15. The Morgan fingerprint density at radius 1 is 1.44 bits per heavy atom. The summed E-state index contributed by atoms with van der Waals surface area (Å²) >= 11 is 0. The van der Waals surface area contributed by atoms with Gasteiger partial charge in [-0.3, -0.25) is 4.79 Å². The highest BCUT2D eigenvalue weighted by atomic mass is 16.5. The van der Waals surface area contributed by atoms with E-state index in [0.717, 1.165) is 27.8 Å². The van der Waals surface area contributed by atoms with Crippen molar-refractivity contribution < 1.29 is 9.53 Å². The third-order valence-corrected chi connectivity index (χ3v) is 3.11. The molecule has 0 saturated heterocycles. The molecule has 18 heavy (non-hydrogen) atoms. The van der Waals surface area contributed by atoms with Crippen molar-refractivity contribution in [1.29, 1.82) is 0 Å². The van der Waals surface area contributed by atoms with Gasteiger partial charge in [-0.2, -0.15) is 0 Å². The van der Waals surface area contributed by atoms with Gasteiger partial charge in [0.25, 0.3) is 0 Å². The molecule has 0 spiro atoms. The molecule has 0 aliphatic rings. The number of carbonyl (C=O) groups is 1. The van der Waals surface area contributed by atoms with E-state index in [-0.39, 0.29) is 5.78 Å². The number of methoxy groups -OCH3 is 1. The standard InChI is InChI=1S/C14H18N2O2/c1-9-5-10(18-4)6-11-12(13(17)7-15-2)8-16(3)14(9)11/h5-6,8,15H,7H2,1-4H3. The maximum Gasteiger partial charge on any atom is 0.178 e. The van der Waals surface area contributed by atoms with Crippen molar-refractivity contribution in [2.75, 3.05) is 20.7 Å². The molecule has 0 saturated carbocycles. The van der Waals surface area contributed by atoms with Crippen LogP contribution in [0.4, 0.5) is 0 Å². The van der Waals surface area contributed by atoms with Crippen LogP contribution in [0.25, 0.3) is 10.9 Å². The lowest BCUT2D eigenvalue weighted by Crippen LogP contribution is -2.18. The summed E-state index contributed by atoms with van der Waals surface area (Å²) in [5, 5.41) is 3.85. The summed E-state index contributed by atoms with van der Waals surface area (Å²) in [7, 11) is 5.37. The van der Waals surface area contributed by atoms with Crippen LogP contribution in [0.3, 0.4) is 0 Å². The Hall–Kier alpha value is -1.81. The van der Waals surface area contributed by atoms with Crippen molar-refractivity contribution in [2.24, 2.45) is 7.05 Å². The van der Waals surface area contributed by atoms with Crippen molar-refractivity contribution in [3.05, 3.63) is 29.5 Å². The van der Waals surface area contributed by atoms with Gasteiger partial charge < -0.3 is 14.6 Å². The van der Waals surface area contributed by atoms with Crippen molar-refractivity contribution in [3.8, 4) is 5.75 Å². The van der Waals surface area contributed by atoms with Crippen molar-refractivity contribution in [3.63, 3.8) is 0 Å². The normalized spacial score (nSPS) is 10.9. The lowest BCUT2D eigenvalue weighted by molar-refractivity contribution is 0.0995. The number of hydrogen-bond acceptors (Lipinski definition) is 3. The van der Waals surface area contributed by atoms with E-state index in [0.29, 0.717) is 6.54 Å². The number of benzene rings is 1. The molecule has 4 nitrogen and oxygen atoms in total. The molecule has 2 rings (SSSR count). The Labute approximate surface area is 107 Å². The van der Waals surface area contributed by atoms with Crippen LogP contribution in [0.2, 0.25) is 0 Å². The summed E-state index contributed by atoms with van der Waals surface area (Å²) in [6.45, 7) is 2.37. The number of nitrogens with one attached hydrogen (secondary N) is 1. The predicted octanol–water partition coefficient (Wildman–Crippen LogP) is 1.90. The number of ether oxygens (including phenoxy) is 1. The summed E-state index contributed by atoms with van der Waals surface area (Å²) in [4.78, 5) is 12.1. The molecule has 0 radical (unpaired) electrons. The summed E-state index contributed by atoms with van der Waals surface area (Å²) < 4.78 is 7.26. The zero-order valence-electron chi connectivity index (χ0n) is 11.2. The molecular weight excluding hydrogens is 228 g/mol. The van der Waals surface area contributed by atoms with Crippen molar-refractivity contribution >= 4 is 16.7 Å². The highest BCUT2D eigenvalue weighted by molar-refractivity contribution is 6.09. The van der Waals surface area contributed by atoms with Crippen LogP contribution in [0.5, 0.6) is 5.75 Å². The zero-order valence-corrected chi connectivity index (χ0v) is 11.2. The van der Waals surface area contributed by atoms with Crippen LogP contribution in [-0.2, 0) is 7.05 Å². The number of rotatable bonds is 4. The van der Waals surface area contributed by atoms with Gasteiger partial charge in [0.05, 0.1) is 19.2 Å². The van der Waals surface area contributed by atoms with Crippen LogP contribution in [0, 0.1) is 6.92 Å². The number of likely N-dealkylation sites (N-methyl/N-ethyl adjacent to an activating group) is 1. The van der Waals surface area contributed by atoms with E-state index in [1.54, 1.807) is 14.2 Å². The first-order valence-electron chi connectivity index (χ1n) is 5.90. The Morgan fingerprint density at radius 2 is 2.17 bits per heavy atom. The second-order valence-corrected chi connectivity index (χ2v) is 4.45. The molecule has 1 N–H and O–H groups in total. The number of carbonyl (C=O) groups excluding carboxylic acids is 1. The van der Waals surface area contributed by atoms with Crippen molar-refractivity contribution in [2.45, 2.75) is 6.92 Å². The second-order valence-electron chi connectivity index (χ2n) is 4.45. The quantitative estimate of drug-likeness (QED) is 0.838. The third-order valence-electron chi connectivity index (χ3n) is 3.11. The molecule has 0 amide bonds. The van der Waals surface area contributed by atoms with Crippen LogP contribution >= 0.6 is 0 Å². The fraction of sp³-hybridized carbons (Fsp3) is 0.357. The minimum Gasteiger partial charge on any atom is -0.497 e. The van der Waals surface area contributed by atoms with Crippen molar-refractivity contribution in [1.82, 2.24) is 9.88 Å². The topological polar surface area (TPSA) is 43.3 Å². The van der Waals surface area contributed by atoms with Gasteiger partial charge in [-0.15, -0.1) is 0 Å². The van der Waals surface area contributed by atoms with Gasteiger partial charge in [0.2, 0.25) is 0 Å². The molecule has 0 aliphatic carbocycles. The molecule has 0 bridgehead atoms. The smallest absolute Gasteiger partial charge is 0.178 e. The first-order valence-corrected chi connectivity index (χ1v) is 5.90. The van der Waals surface area contributed by atoms with Crippen LogP contribution in [-0.4, -0.2) is 31.1 Å². The number of ketones is 1. The Kier molecular flexibility index (Phi) is 3.39. The molecule has 96 valence electrons. The monoisotopic (exact) mass is 246 g/mol. The van der Waals surface area contributed by atoms with Gasteiger partial charge in [-0.25, -0.2) is 0 Å². The van der Waals surface area contributed by atoms with E-state index in [9.17, 15) is 4.79 Å². The van der Waals surface area contributed by atoms with Gasteiger partial charge in [-0.1, -0.05) is 0 Å². The first-order chi connectivity index (χ1) is 8.58. The van der Waals surface area contributed by atoms with E-state index in [4.69, 9.17) is 4.74 Å². The van der Waals surface area contributed by atoms with E-state index in [2.05, 4.69) is 5.32 Å². The molecule has 2 aromatic rings. The van der Waals surface area contributed by atoms with Gasteiger partial charge in [0.15, 0.2) is 5.78 Å². The number of nitrogens with zero attached hydrogens (tertiary/aromatic N) is 1. The minimum atomic E-state index is 0.0933. The number of aryl methyl sites for hydroxylation is 2. The van der Waals surface area contributed by atoms with E-state index < -0.39 is 0 Å². The molecule has 1 aromatic carbocycles. The van der Waals surface area contributed by atoms with Crippen LogP contribution < -0.4 is 10.1 Å².